The maximum atomic E-state index is 13.3. The molecule has 3 heteroatoms. The zero-order chi connectivity index (χ0) is 20.4. The average Bonchev–Trinajstić information content (AvgIpc) is 3.08. The molecule has 29 heavy (non-hydrogen) atoms. The lowest BCUT2D eigenvalue weighted by atomic mass is 9.96. The van der Waals surface area contributed by atoms with Crippen molar-refractivity contribution in [1.82, 2.24) is 9.55 Å². The van der Waals surface area contributed by atoms with E-state index in [-0.39, 0.29) is 11.7 Å². The molecule has 4 aromatic rings. The van der Waals surface area contributed by atoms with E-state index in [1.54, 1.807) is 0 Å². The summed E-state index contributed by atoms with van der Waals surface area (Å²) in [5, 5.41) is 0. The van der Waals surface area contributed by atoms with E-state index in [1.165, 1.54) is 23.3 Å². The van der Waals surface area contributed by atoms with Gasteiger partial charge >= 0.3 is 0 Å². The SMILES string of the molecule is CC(C)Cc1ccc(C(C)c2nc3ccccc3n2Cc2ccc(F)cc2)cc1. The van der Waals surface area contributed by atoms with E-state index in [0.717, 1.165) is 28.8 Å². The molecule has 3 aromatic carbocycles. The third kappa shape index (κ3) is 4.24. The number of aromatic nitrogens is 2. The summed E-state index contributed by atoms with van der Waals surface area (Å²) in [6.45, 7) is 7.37. The fourth-order valence-corrected chi connectivity index (χ4v) is 3.93. The third-order valence-electron chi connectivity index (χ3n) is 5.45. The van der Waals surface area contributed by atoms with Crippen LogP contribution < -0.4 is 0 Å². The molecule has 0 fully saturated rings. The van der Waals surface area contributed by atoms with Crippen LogP contribution in [0.5, 0.6) is 0 Å². The minimum Gasteiger partial charge on any atom is -0.323 e. The van der Waals surface area contributed by atoms with E-state index >= 15 is 0 Å². The number of nitrogens with zero attached hydrogens (tertiary/aromatic N) is 2. The van der Waals surface area contributed by atoms with Crippen LogP contribution in [0.4, 0.5) is 4.39 Å². The summed E-state index contributed by atoms with van der Waals surface area (Å²) in [7, 11) is 0. The van der Waals surface area contributed by atoms with Crippen molar-refractivity contribution in [3.05, 3.63) is 101 Å². The molecule has 1 heterocycles. The van der Waals surface area contributed by atoms with Crippen LogP contribution in [0, 0.1) is 11.7 Å². The Morgan fingerprint density at radius 2 is 1.48 bits per heavy atom. The van der Waals surface area contributed by atoms with Crippen LogP contribution in [-0.4, -0.2) is 9.55 Å². The number of hydrogen-bond donors (Lipinski definition) is 0. The van der Waals surface area contributed by atoms with E-state index in [1.807, 2.05) is 24.3 Å². The van der Waals surface area contributed by atoms with Crippen molar-refractivity contribution < 1.29 is 4.39 Å². The Morgan fingerprint density at radius 3 is 2.17 bits per heavy atom. The Bertz CT molecular complexity index is 1090. The maximum Gasteiger partial charge on any atom is 0.123 e. The number of imidazole rings is 1. The van der Waals surface area contributed by atoms with Gasteiger partial charge in [-0.25, -0.2) is 9.37 Å². The summed E-state index contributed by atoms with van der Waals surface area (Å²) >= 11 is 0. The minimum atomic E-state index is -0.209. The number of rotatable bonds is 6. The van der Waals surface area contributed by atoms with Gasteiger partial charge in [0, 0.05) is 12.5 Å². The highest BCUT2D eigenvalue weighted by molar-refractivity contribution is 5.76. The lowest BCUT2D eigenvalue weighted by Crippen LogP contribution is -2.09. The fraction of sp³-hybridized carbons (Fsp3) is 0.269. The van der Waals surface area contributed by atoms with Crippen LogP contribution in [-0.2, 0) is 13.0 Å². The summed E-state index contributed by atoms with van der Waals surface area (Å²) in [5.41, 5.74) is 5.79. The molecule has 1 aromatic heterocycles. The second-order valence-electron chi connectivity index (χ2n) is 8.23. The predicted octanol–water partition coefficient (Wildman–Crippen LogP) is 6.57. The first-order valence-electron chi connectivity index (χ1n) is 10.3. The van der Waals surface area contributed by atoms with Crippen LogP contribution in [0.1, 0.15) is 49.2 Å². The molecule has 0 radical (unpaired) electrons. The van der Waals surface area contributed by atoms with Gasteiger partial charge in [-0.2, -0.15) is 0 Å². The minimum absolute atomic E-state index is 0.163. The van der Waals surface area contributed by atoms with Crippen molar-refractivity contribution in [2.75, 3.05) is 0 Å². The van der Waals surface area contributed by atoms with Gasteiger partial charge in [-0.05, 0) is 53.3 Å². The zero-order valence-corrected chi connectivity index (χ0v) is 17.3. The lowest BCUT2D eigenvalue weighted by molar-refractivity contribution is 0.625. The standard InChI is InChI=1S/C26H27FN2/c1-18(2)16-20-8-12-22(13-9-20)19(3)26-28-24-6-4-5-7-25(24)29(26)17-21-10-14-23(27)15-11-21/h4-15,18-19H,16-17H2,1-3H3. The largest absolute Gasteiger partial charge is 0.323 e. The molecule has 0 bridgehead atoms. The summed E-state index contributed by atoms with van der Waals surface area (Å²) in [6, 6.07) is 23.9. The van der Waals surface area contributed by atoms with Crippen LogP contribution in [0.3, 0.4) is 0 Å². The Hall–Kier alpha value is -2.94. The highest BCUT2D eigenvalue weighted by Gasteiger charge is 2.18. The van der Waals surface area contributed by atoms with Gasteiger partial charge in [-0.1, -0.05) is 69.3 Å². The molecular formula is C26H27FN2. The lowest BCUT2D eigenvalue weighted by Gasteiger charge is -2.16. The first-order valence-corrected chi connectivity index (χ1v) is 10.3. The second-order valence-corrected chi connectivity index (χ2v) is 8.23. The van der Waals surface area contributed by atoms with Gasteiger partial charge in [-0.3, -0.25) is 0 Å². The Kier molecular flexibility index (Phi) is 5.48. The van der Waals surface area contributed by atoms with Crippen LogP contribution in [0.15, 0.2) is 72.8 Å². The first-order chi connectivity index (χ1) is 14.0. The normalized spacial score (nSPS) is 12.6. The Labute approximate surface area is 172 Å². The van der Waals surface area contributed by atoms with Crippen molar-refractivity contribution in [3.63, 3.8) is 0 Å². The van der Waals surface area contributed by atoms with Gasteiger partial charge in [0.1, 0.15) is 11.6 Å². The molecule has 0 aliphatic carbocycles. The van der Waals surface area contributed by atoms with Gasteiger partial charge in [-0.15, -0.1) is 0 Å². The van der Waals surface area contributed by atoms with Gasteiger partial charge in [0.15, 0.2) is 0 Å². The fourth-order valence-electron chi connectivity index (χ4n) is 3.93. The van der Waals surface area contributed by atoms with Crippen molar-refractivity contribution in [2.24, 2.45) is 5.92 Å². The van der Waals surface area contributed by atoms with Crippen molar-refractivity contribution in [2.45, 2.75) is 39.7 Å². The summed E-state index contributed by atoms with van der Waals surface area (Å²) in [4.78, 5) is 4.96. The highest BCUT2D eigenvalue weighted by atomic mass is 19.1. The molecule has 0 aliphatic heterocycles. The molecule has 4 rings (SSSR count). The van der Waals surface area contributed by atoms with E-state index in [4.69, 9.17) is 4.98 Å². The van der Waals surface area contributed by atoms with Crippen molar-refractivity contribution in [3.8, 4) is 0 Å². The van der Waals surface area contributed by atoms with Crippen LogP contribution >= 0.6 is 0 Å². The number of benzene rings is 3. The molecular weight excluding hydrogens is 359 g/mol. The molecule has 0 amide bonds. The van der Waals surface area contributed by atoms with E-state index < -0.39 is 0 Å². The molecule has 148 valence electrons. The molecule has 0 saturated heterocycles. The van der Waals surface area contributed by atoms with E-state index in [2.05, 4.69) is 61.7 Å². The molecule has 0 spiro atoms. The van der Waals surface area contributed by atoms with Gasteiger partial charge in [0.05, 0.1) is 11.0 Å². The maximum absolute atomic E-state index is 13.3. The van der Waals surface area contributed by atoms with Crippen molar-refractivity contribution >= 4 is 11.0 Å². The molecule has 0 aliphatic rings. The molecule has 1 atom stereocenters. The molecule has 2 nitrogen and oxygen atoms in total. The molecule has 0 N–H and O–H groups in total. The second kappa shape index (κ2) is 8.20. The highest BCUT2D eigenvalue weighted by Crippen LogP contribution is 2.28. The molecule has 0 saturated carbocycles. The number of fused-ring (bicyclic) bond motifs is 1. The summed E-state index contributed by atoms with van der Waals surface area (Å²) in [5.74, 6) is 1.64. The quantitative estimate of drug-likeness (QED) is 0.366. The van der Waals surface area contributed by atoms with Gasteiger partial charge in [0.25, 0.3) is 0 Å². The number of para-hydroxylation sites is 2. The van der Waals surface area contributed by atoms with E-state index in [0.29, 0.717) is 12.5 Å². The average molecular weight is 387 g/mol. The van der Waals surface area contributed by atoms with Crippen molar-refractivity contribution in [1.29, 1.82) is 0 Å². The summed E-state index contributed by atoms with van der Waals surface area (Å²) < 4.78 is 15.6. The van der Waals surface area contributed by atoms with Gasteiger partial charge < -0.3 is 4.57 Å². The molecule has 1 unspecified atom stereocenters. The summed E-state index contributed by atoms with van der Waals surface area (Å²) in [6.07, 6.45) is 1.09. The van der Waals surface area contributed by atoms with Crippen LogP contribution in [0.25, 0.3) is 11.0 Å². The van der Waals surface area contributed by atoms with Crippen LogP contribution in [0.2, 0.25) is 0 Å². The smallest absolute Gasteiger partial charge is 0.123 e. The zero-order valence-electron chi connectivity index (χ0n) is 17.3. The predicted molar refractivity (Wildman–Crippen MR) is 118 cm³/mol. The topological polar surface area (TPSA) is 17.8 Å². The number of halogens is 1. The first kappa shape index (κ1) is 19.4. The Balaban J connectivity index is 1.71. The Morgan fingerprint density at radius 1 is 0.828 bits per heavy atom. The van der Waals surface area contributed by atoms with Gasteiger partial charge in [0.2, 0.25) is 0 Å². The third-order valence-corrected chi connectivity index (χ3v) is 5.45. The monoisotopic (exact) mass is 386 g/mol. The number of hydrogen-bond acceptors (Lipinski definition) is 1. The van der Waals surface area contributed by atoms with E-state index in [9.17, 15) is 4.39 Å².